The molecule has 4 aromatic rings. The number of hydrogen-bond acceptors (Lipinski definition) is 7. The number of esters is 2. The quantitative estimate of drug-likeness (QED) is 0.176. The van der Waals surface area contributed by atoms with Gasteiger partial charge in [0.15, 0.2) is 0 Å². The van der Waals surface area contributed by atoms with Crippen LogP contribution in [0.15, 0.2) is 120 Å². The molecule has 0 amide bonds. The third-order valence-corrected chi connectivity index (χ3v) is 10.9. The fraction of sp³-hybridized carbons (Fsp3) is 0.278. The zero-order valence-corrected chi connectivity index (χ0v) is 26.3. The lowest BCUT2D eigenvalue weighted by molar-refractivity contribution is -0.171. The van der Waals surface area contributed by atoms with Crippen molar-refractivity contribution in [1.82, 2.24) is 4.31 Å². The zero-order valence-electron chi connectivity index (χ0n) is 25.5. The van der Waals surface area contributed by atoms with Gasteiger partial charge in [-0.3, -0.25) is 0 Å². The van der Waals surface area contributed by atoms with Gasteiger partial charge in [0, 0.05) is 17.6 Å². The van der Waals surface area contributed by atoms with Crippen molar-refractivity contribution in [1.29, 1.82) is 0 Å². The molecule has 1 saturated heterocycles. The number of carbonyl (C=O) groups excluding carboxylic acids is 2. The Balaban J connectivity index is 1.76. The molecule has 45 heavy (non-hydrogen) atoms. The standard InChI is InChI=1S/C36H36N2O6S/c1-4-43-33(39)36(34(40)44-5-2)32-35(3,29-23-15-16-24-30(29)37(32)25-26-17-9-6-10-18-26)31(27-19-11-7-12-20-27)38(36)45(41,42)28-21-13-8-14-22-28/h6-24,31-32H,4-5,25H2,1-3H3/t31-,32+,35+/m0/s1. The molecule has 2 aliphatic heterocycles. The van der Waals surface area contributed by atoms with E-state index in [4.69, 9.17) is 9.47 Å². The Morgan fingerprint density at radius 2 is 1.24 bits per heavy atom. The van der Waals surface area contributed by atoms with Crippen LogP contribution < -0.4 is 4.90 Å². The molecule has 3 atom stereocenters. The van der Waals surface area contributed by atoms with E-state index in [2.05, 4.69) is 0 Å². The van der Waals surface area contributed by atoms with Gasteiger partial charge in [-0.25, -0.2) is 18.0 Å². The van der Waals surface area contributed by atoms with Gasteiger partial charge in [-0.15, -0.1) is 0 Å². The first-order valence-electron chi connectivity index (χ1n) is 15.1. The molecule has 1 fully saturated rings. The fourth-order valence-corrected chi connectivity index (χ4v) is 9.36. The van der Waals surface area contributed by atoms with Crippen LogP contribution in [0.3, 0.4) is 0 Å². The Morgan fingerprint density at radius 1 is 0.733 bits per heavy atom. The average molecular weight is 625 g/mol. The van der Waals surface area contributed by atoms with Crippen molar-refractivity contribution >= 4 is 27.6 Å². The first-order valence-corrected chi connectivity index (χ1v) is 16.6. The first kappa shape index (κ1) is 30.6. The van der Waals surface area contributed by atoms with E-state index in [0.29, 0.717) is 12.1 Å². The van der Waals surface area contributed by atoms with Crippen molar-refractivity contribution < 1.29 is 27.5 Å². The molecule has 0 spiro atoms. The minimum atomic E-state index is -4.54. The smallest absolute Gasteiger partial charge is 0.341 e. The van der Waals surface area contributed by atoms with Crippen molar-refractivity contribution in [3.8, 4) is 0 Å². The minimum absolute atomic E-state index is 0.0460. The summed E-state index contributed by atoms with van der Waals surface area (Å²) in [7, 11) is -4.54. The predicted molar refractivity (Wildman–Crippen MR) is 171 cm³/mol. The van der Waals surface area contributed by atoms with Gasteiger partial charge in [0.2, 0.25) is 10.0 Å². The molecule has 0 radical (unpaired) electrons. The molecule has 0 saturated carbocycles. The number of carbonyl (C=O) groups is 2. The molecular weight excluding hydrogens is 588 g/mol. The van der Waals surface area contributed by atoms with Crippen molar-refractivity contribution in [3.05, 3.63) is 132 Å². The number of rotatable bonds is 9. The molecule has 4 aromatic carbocycles. The lowest BCUT2D eigenvalue weighted by Crippen LogP contribution is -2.69. The van der Waals surface area contributed by atoms with Crippen LogP contribution in [0.1, 0.15) is 43.5 Å². The van der Waals surface area contributed by atoms with Crippen molar-refractivity contribution in [2.24, 2.45) is 0 Å². The maximum atomic E-state index is 15.1. The van der Waals surface area contributed by atoms with E-state index < -0.39 is 45.0 Å². The Bertz CT molecular complexity index is 1780. The highest BCUT2D eigenvalue weighted by Gasteiger charge is 2.80. The maximum Gasteiger partial charge on any atom is 0.341 e. The van der Waals surface area contributed by atoms with E-state index in [-0.39, 0.29) is 18.1 Å². The number of fused-ring (bicyclic) bond motifs is 3. The molecule has 2 aliphatic rings. The van der Waals surface area contributed by atoms with E-state index in [1.54, 1.807) is 32.0 Å². The molecule has 232 valence electrons. The Hall–Kier alpha value is -4.47. The molecule has 8 nitrogen and oxygen atoms in total. The fourth-order valence-electron chi connectivity index (χ4n) is 7.39. The second-order valence-electron chi connectivity index (χ2n) is 11.5. The summed E-state index contributed by atoms with van der Waals surface area (Å²) in [5.74, 6) is -1.94. The molecule has 6 rings (SSSR count). The Labute approximate surface area is 264 Å². The largest absolute Gasteiger partial charge is 0.464 e. The lowest BCUT2D eigenvalue weighted by Gasteiger charge is -2.41. The van der Waals surface area contributed by atoms with E-state index in [0.717, 1.165) is 21.1 Å². The SMILES string of the molecule is CCOC(=O)C1(C(=O)OCC)[C@@H]2N(Cc3ccccc3)c3ccccc3[C@]2(C)[C@H](c2ccccc2)N1S(=O)(=O)c1ccccc1. The topological polar surface area (TPSA) is 93.2 Å². The number of benzene rings is 4. The van der Waals surface area contributed by atoms with Gasteiger partial charge in [0.05, 0.1) is 30.2 Å². The van der Waals surface area contributed by atoms with Gasteiger partial charge in [-0.2, -0.15) is 4.31 Å². The third-order valence-electron chi connectivity index (χ3n) is 9.00. The highest BCUT2D eigenvalue weighted by atomic mass is 32.2. The number of nitrogens with zero attached hydrogens (tertiary/aromatic N) is 2. The molecule has 0 aliphatic carbocycles. The second-order valence-corrected chi connectivity index (χ2v) is 13.3. The van der Waals surface area contributed by atoms with Gasteiger partial charge in [-0.1, -0.05) is 104 Å². The number of para-hydroxylation sites is 1. The summed E-state index contributed by atoms with van der Waals surface area (Å²) in [6, 6.07) is 32.5. The van der Waals surface area contributed by atoms with E-state index in [9.17, 15) is 9.59 Å². The molecule has 0 bridgehead atoms. The number of hydrogen-bond donors (Lipinski definition) is 0. The van der Waals surface area contributed by atoms with Crippen molar-refractivity contribution in [2.45, 2.75) is 55.2 Å². The van der Waals surface area contributed by atoms with Gasteiger partial charge in [0.25, 0.3) is 5.54 Å². The van der Waals surface area contributed by atoms with Gasteiger partial charge in [-0.05, 0) is 48.7 Å². The average Bonchev–Trinajstić information content (AvgIpc) is 3.46. The summed E-state index contributed by atoms with van der Waals surface area (Å²) in [5.41, 5.74) is -0.333. The van der Waals surface area contributed by atoms with Crippen LogP contribution in [0.2, 0.25) is 0 Å². The molecule has 9 heteroatoms. The van der Waals surface area contributed by atoms with Gasteiger partial charge in [0.1, 0.15) is 0 Å². The van der Waals surface area contributed by atoms with Crippen LogP contribution in [0, 0.1) is 0 Å². The van der Waals surface area contributed by atoms with Crippen LogP contribution in [0.5, 0.6) is 0 Å². The predicted octanol–water partition coefficient (Wildman–Crippen LogP) is 5.64. The zero-order chi connectivity index (χ0) is 31.8. The highest BCUT2D eigenvalue weighted by molar-refractivity contribution is 7.89. The first-order chi connectivity index (χ1) is 21.7. The van der Waals surface area contributed by atoms with Crippen LogP contribution in [-0.4, -0.2) is 49.5 Å². The van der Waals surface area contributed by atoms with Crippen LogP contribution >= 0.6 is 0 Å². The van der Waals surface area contributed by atoms with E-state index in [1.165, 1.54) is 12.1 Å². The van der Waals surface area contributed by atoms with Crippen LogP contribution in [0.4, 0.5) is 5.69 Å². The summed E-state index contributed by atoms with van der Waals surface area (Å²) in [6.07, 6.45) is 0. The Morgan fingerprint density at radius 3 is 1.82 bits per heavy atom. The van der Waals surface area contributed by atoms with E-state index >= 15 is 8.42 Å². The summed E-state index contributed by atoms with van der Waals surface area (Å²) >= 11 is 0. The second kappa shape index (κ2) is 11.8. The van der Waals surface area contributed by atoms with E-state index in [1.807, 2.05) is 96.8 Å². The van der Waals surface area contributed by atoms with Crippen LogP contribution in [-0.2, 0) is 41.0 Å². The minimum Gasteiger partial charge on any atom is -0.464 e. The number of sulfonamides is 1. The monoisotopic (exact) mass is 624 g/mol. The molecule has 2 heterocycles. The summed E-state index contributed by atoms with van der Waals surface area (Å²) in [6.45, 7) is 5.41. The molecule has 0 aromatic heterocycles. The number of anilines is 1. The molecular formula is C36H36N2O6S. The summed E-state index contributed by atoms with van der Waals surface area (Å²) < 4.78 is 42.7. The number of ether oxygens (including phenoxy) is 2. The van der Waals surface area contributed by atoms with Gasteiger partial charge < -0.3 is 14.4 Å². The van der Waals surface area contributed by atoms with Crippen molar-refractivity contribution in [3.63, 3.8) is 0 Å². The normalized spacial score (nSPS) is 22.0. The third kappa shape index (κ3) is 4.56. The maximum absolute atomic E-state index is 15.1. The molecule has 0 unspecified atom stereocenters. The summed E-state index contributed by atoms with van der Waals surface area (Å²) in [5, 5.41) is 0. The van der Waals surface area contributed by atoms with Crippen molar-refractivity contribution in [2.75, 3.05) is 18.1 Å². The summed E-state index contributed by atoms with van der Waals surface area (Å²) in [4.78, 5) is 31.4. The highest BCUT2D eigenvalue weighted by Crippen LogP contribution is 2.65. The molecule has 0 N–H and O–H groups in total. The lowest BCUT2D eigenvalue weighted by atomic mass is 9.69. The van der Waals surface area contributed by atoms with Gasteiger partial charge >= 0.3 is 11.9 Å². The van der Waals surface area contributed by atoms with Crippen LogP contribution in [0.25, 0.3) is 0 Å². The Kier molecular flexibility index (Phi) is 8.01.